The molecular formula is C43H49BF2N12O4S. The van der Waals surface area contributed by atoms with E-state index in [1.165, 1.54) is 33.9 Å². The van der Waals surface area contributed by atoms with Gasteiger partial charge in [-0.25, -0.2) is 18.0 Å². The number of allylic oxidation sites excluding steroid dienone is 1. The van der Waals surface area contributed by atoms with Crippen LogP contribution in [0.2, 0.25) is 0 Å². The Morgan fingerprint density at radius 3 is 2.56 bits per heavy atom. The van der Waals surface area contributed by atoms with E-state index < -0.39 is 22.2 Å². The first-order valence-corrected chi connectivity index (χ1v) is 21.2. The molecule has 16 nitrogen and oxygen atoms in total. The molecule has 1 aliphatic heterocycles. The second-order valence-electron chi connectivity index (χ2n) is 14.8. The number of hydrogen-bond acceptors (Lipinski definition) is 14. The zero-order chi connectivity index (χ0) is 45.4. The van der Waals surface area contributed by atoms with E-state index in [1.807, 2.05) is 19.9 Å². The molecule has 0 saturated carbocycles. The first-order chi connectivity index (χ1) is 30.2. The SMILES string of the molecule is C=CNCCC=O.[B]C(O)(c1cccc(S(=O)c2ccc(Nc3nc4c(OC(C)C)c(/C(C=N)=C/N)ncn4n3)c(F)c2)c1)N1CCC(c2ccc3c(NC)nn(C)c3c2F)CC1. The summed E-state index contributed by atoms with van der Waals surface area (Å²) in [5.41, 5.74) is 6.05. The van der Waals surface area contributed by atoms with Gasteiger partial charge in [-0.2, -0.15) is 14.6 Å². The van der Waals surface area contributed by atoms with Crippen LogP contribution in [-0.2, 0) is 28.3 Å². The summed E-state index contributed by atoms with van der Waals surface area (Å²) < 4.78 is 53.9. The minimum Gasteiger partial charge on any atom is -0.485 e. The molecule has 0 bridgehead atoms. The van der Waals surface area contributed by atoms with Crippen LogP contribution in [0, 0.1) is 17.0 Å². The number of ether oxygens (including phenoxy) is 1. The van der Waals surface area contributed by atoms with Crippen molar-refractivity contribution in [1.29, 1.82) is 5.41 Å². The van der Waals surface area contributed by atoms with Crippen LogP contribution in [0.15, 0.2) is 89.7 Å². The summed E-state index contributed by atoms with van der Waals surface area (Å²) in [6, 6.07) is 14.2. The maximum Gasteiger partial charge on any atom is 0.247 e. The van der Waals surface area contributed by atoms with E-state index in [-0.39, 0.29) is 45.8 Å². The smallest absolute Gasteiger partial charge is 0.247 e. The van der Waals surface area contributed by atoms with Crippen LogP contribution < -0.4 is 26.4 Å². The maximum atomic E-state index is 15.8. The van der Waals surface area contributed by atoms with Gasteiger partial charge in [-0.3, -0.25) is 9.58 Å². The highest BCUT2D eigenvalue weighted by molar-refractivity contribution is 7.85. The molecule has 6 aromatic rings. The molecule has 63 heavy (non-hydrogen) atoms. The van der Waals surface area contributed by atoms with Crippen molar-refractivity contribution in [2.75, 3.05) is 37.3 Å². The van der Waals surface area contributed by atoms with Crippen molar-refractivity contribution in [3.8, 4) is 5.75 Å². The molecule has 4 heterocycles. The molecule has 1 fully saturated rings. The van der Waals surface area contributed by atoms with Crippen LogP contribution >= 0.6 is 0 Å². The Labute approximate surface area is 367 Å². The molecule has 20 heteroatoms. The number of aliphatic hydroxyl groups is 1. The van der Waals surface area contributed by atoms with Gasteiger partial charge in [-0.05, 0) is 86.3 Å². The molecular weight excluding hydrogens is 829 g/mol. The van der Waals surface area contributed by atoms with Gasteiger partial charge < -0.3 is 41.7 Å². The summed E-state index contributed by atoms with van der Waals surface area (Å²) in [6.45, 7) is 8.53. The molecule has 7 rings (SSSR count). The number of nitrogens with zero attached hydrogens (tertiary/aromatic N) is 7. The fourth-order valence-corrected chi connectivity index (χ4v) is 8.35. The van der Waals surface area contributed by atoms with Gasteiger partial charge in [0, 0.05) is 73.3 Å². The lowest BCUT2D eigenvalue weighted by Gasteiger charge is -2.42. The number of carbonyl (C=O) groups is 1. The van der Waals surface area contributed by atoms with E-state index in [4.69, 9.17) is 23.7 Å². The lowest BCUT2D eigenvalue weighted by atomic mass is 9.79. The number of carbonyl (C=O) groups excluding carboxylic acids is 1. The predicted molar refractivity (Wildman–Crippen MR) is 241 cm³/mol. The number of benzene rings is 3. The Kier molecular flexibility index (Phi) is 14.7. The number of aldehydes is 1. The average molecular weight is 879 g/mol. The van der Waals surface area contributed by atoms with Gasteiger partial charge in [-0.1, -0.05) is 24.8 Å². The van der Waals surface area contributed by atoms with Gasteiger partial charge in [0.05, 0.1) is 28.2 Å². The van der Waals surface area contributed by atoms with E-state index in [0.717, 1.165) is 18.6 Å². The molecule has 0 aliphatic carbocycles. The molecule has 2 radical (unpaired) electrons. The summed E-state index contributed by atoms with van der Waals surface area (Å²) in [6.07, 6.45) is 7.52. The van der Waals surface area contributed by atoms with Crippen molar-refractivity contribution >= 4 is 70.7 Å². The van der Waals surface area contributed by atoms with Crippen molar-refractivity contribution < 1.29 is 27.6 Å². The van der Waals surface area contributed by atoms with Gasteiger partial charge >= 0.3 is 0 Å². The van der Waals surface area contributed by atoms with Gasteiger partial charge in [0.25, 0.3) is 0 Å². The Morgan fingerprint density at radius 1 is 1.16 bits per heavy atom. The van der Waals surface area contributed by atoms with Crippen molar-refractivity contribution in [2.45, 2.75) is 60.5 Å². The number of likely N-dealkylation sites (tertiary alicyclic amines) is 1. The van der Waals surface area contributed by atoms with E-state index in [1.54, 1.807) is 55.5 Å². The largest absolute Gasteiger partial charge is 0.485 e. The summed E-state index contributed by atoms with van der Waals surface area (Å²) in [4.78, 5) is 20.6. The Hall–Kier alpha value is -6.51. The zero-order valence-electron chi connectivity index (χ0n) is 35.3. The highest BCUT2D eigenvalue weighted by atomic mass is 32.2. The number of anilines is 3. The number of hydrogen-bond donors (Lipinski definition) is 6. The fourth-order valence-electron chi connectivity index (χ4n) is 7.24. The molecule has 3 aromatic heterocycles. The van der Waals surface area contributed by atoms with Gasteiger partial charge in [-0.15, -0.1) is 5.10 Å². The third kappa shape index (κ3) is 9.93. The van der Waals surface area contributed by atoms with Crippen molar-refractivity contribution in [1.82, 2.24) is 39.6 Å². The molecule has 328 valence electrons. The van der Waals surface area contributed by atoms with Gasteiger partial charge in [0.15, 0.2) is 17.4 Å². The third-order valence-electron chi connectivity index (χ3n) is 10.4. The van der Waals surface area contributed by atoms with Gasteiger partial charge in [0.2, 0.25) is 11.6 Å². The molecule has 2 unspecified atom stereocenters. The number of aromatic nitrogens is 6. The minimum absolute atomic E-state index is 0.0273. The third-order valence-corrected chi connectivity index (χ3v) is 11.7. The average Bonchev–Trinajstić information content (AvgIpc) is 3.85. The number of aryl methyl sites for hydroxylation is 1. The Morgan fingerprint density at radius 2 is 1.90 bits per heavy atom. The van der Waals surface area contributed by atoms with E-state index in [0.29, 0.717) is 82.9 Å². The van der Waals surface area contributed by atoms with Crippen LogP contribution in [-0.4, -0.2) is 96.7 Å². The van der Waals surface area contributed by atoms with Crippen molar-refractivity contribution in [3.05, 3.63) is 108 Å². The molecule has 0 amide bonds. The topological polar surface area (TPSA) is 214 Å². The van der Waals surface area contributed by atoms with Crippen molar-refractivity contribution in [2.24, 2.45) is 12.8 Å². The number of nitrogens with two attached hydrogens (primary N) is 1. The Balaban J connectivity index is 0.000000871. The molecule has 2 atom stereocenters. The first kappa shape index (κ1) is 46.0. The van der Waals surface area contributed by atoms with E-state index in [9.17, 15) is 14.1 Å². The molecule has 7 N–H and O–H groups in total. The lowest BCUT2D eigenvalue weighted by molar-refractivity contribution is -0.107. The first-order valence-electron chi connectivity index (χ1n) is 20.1. The second-order valence-corrected chi connectivity index (χ2v) is 16.3. The number of halogens is 2. The number of fused-ring (bicyclic) bond motifs is 2. The van der Waals surface area contributed by atoms with Crippen LogP contribution in [0.3, 0.4) is 0 Å². The van der Waals surface area contributed by atoms with Crippen LogP contribution in [0.1, 0.15) is 55.8 Å². The summed E-state index contributed by atoms with van der Waals surface area (Å²) >= 11 is 0. The predicted octanol–water partition coefficient (Wildman–Crippen LogP) is 5.44. The summed E-state index contributed by atoms with van der Waals surface area (Å²) in [5.74, 6) is -0.199. The standard InChI is InChI=1S/C38H40BF2N11O3S.C5H9NO/c1-21(2)55-34-32(23(18-42)19-43)45-20-52-36(34)47-37(49-52)46-30-11-8-26(17-29(30)40)56(54)25-7-5-6-24(16-25)38(39,53)51-14-12-22(13-15-51)27-9-10-28-33(31(27)41)50(4)48-35(28)44-3;1-2-6-4-3-5-7/h5-11,16-22,42,53H,12-15,43H2,1-4H3,(H,44,48)(H,46,49);2,5-6H,1,3-4H2/b23-19+,42-18?;. The normalized spacial score (nSPS) is 15.0. The molecule has 1 aliphatic rings. The highest BCUT2D eigenvalue weighted by Gasteiger charge is 2.35. The maximum absolute atomic E-state index is 15.8. The lowest BCUT2D eigenvalue weighted by Crippen LogP contribution is -2.50. The minimum atomic E-state index is -1.91. The second kappa shape index (κ2) is 20.1. The quantitative estimate of drug-likeness (QED) is 0.0310. The summed E-state index contributed by atoms with van der Waals surface area (Å²) in [7, 11) is 8.16. The molecule has 1 saturated heterocycles. The van der Waals surface area contributed by atoms with E-state index in [2.05, 4.69) is 42.7 Å². The number of nitrogens with one attached hydrogen (secondary N) is 4. The van der Waals surface area contributed by atoms with Crippen molar-refractivity contribution in [3.63, 3.8) is 0 Å². The monoisotopic (exact) mass is 878 g/mol. The van der Waals surface area contributed by atoms with Crippen LogP contribution in [0.4, 0.5) is 26.2 Å². The molecule has 3 aromatic carbocycles. The highest BCUT2D eigenvalue weighted by Crippen LogP contribution is 2.38. The summed E-state index contributed by atoms with van der Waals surface area (Å²) in [5, 5.41) is 37.3. The van der Waals surface area contributed by atoms with Crippen LogP contribution in [0.5, 0.6) is 5.75 Å². The number of piperidine rings is 1. The van der Waals surface area contributed by atoms with Crippen LogP contribution in [0.25, 0.3) is 22.1 Å². The number of rotatable bonds is 16. The van der Waals surface area contributed by atoms with E-state index >= 15 is 8.78 Å². The zero-order valence-corrected chi connectivity index (χ0v) is 36.1. The molecule has 0 spiro atoms. The van der Waals surface area contributed by atoms with Gasteiger partial charge in [0.1, 0.15) is 37.5 Å². The fraction of sp³-hybridized carbons (Fsp3) is 0.302. The Bertz CT molecular complexity index is 2670.